The molecule has 0 unspecified atom stereocenters. The van der Waals surface area contributed by atoms with Crippen molar-refractivity contribution in [3.63, 3.8) is 0 Å². The maximum absolute atomic E-state index is 3.70. The smallest absolute Gasteiger partial charge is 0.0397 e. The van der Waals surface area contributed by atoms with Crippen molar-refractivity contribution in [3.05, 3.63) is 29.3 Å². The summed E-state index contributed by atoms with van der Waals surface area (Å²) in [5, 5.41) is 3.70. The molecule has 2 aliphatic rings. The van der Waals surface area contributed by atoms with E-state index in [-0.39, 0.29) is 0 Å². The average molecular weight is 301 g/mol. The van der Waals surface area contributed by atoms with E-state index in [9.17, 15) is 0 Å². The van der Waals surface area contributed by atoms with Gasteiger partial charge in [0.15, 0.2) is 0 Å². The lowest BCUT2D eigenvalue weighted by Gasteiger charge is -2.36. The first-order chi connectivity index (χ1) is 10.7. The van der Waals surface area contributed by atoms with E-state index in [0.29, 0.717) is 6.04 Å². The molecule has 0 saturated carbocycles. The number of likely N-dealkylation sites (N-methyl/N-ethyl adjacent to an activating group) is 1. The van der Waals surface area contributed by atoms with Crippen LogP contribution in [0, 0.1) is 12.8 Å². The van der Waals surface area contributed by atoms with Gasteiger partial charge in [-0.2, -0.15) is 0 Å². The summed E-state index contributed by atoms with van der Waals surface area (Å²) < 4.78 is 0. The minimum Gasteiger partial charge on any atom is -0.369 e. The Balaban J connectivity index is 1.67. The number of anilines is 1. The van der Waals surface area contributed by atoms with Gasteiger partial charge in [-0.25, -0.2) is 0 Å². The van der Waals surface area contributed by atoms with Crippen molar-refractivity contribution < 1.29 is 0 Å². The summed E-state index contributed by atoms with van der Waals surface area (Å²) in [4.78, 5) is 5.09. The van der Waals surface area contributed by atoms with E-state index in [1.165, 1.54) is 49.3 Å². The molecule has 22 heavy (non-hydrogen) atoms. The Bertz CT molecular complexity index is 483. The molecule has 0 aromatic heterocycles. The zero-order chi connectivity index (χ0) is 15.5. The number of benzene rings is 1. The molecule has 2 fully saturated rings. The summed E-state index contributed by atoms with van der Waals surface area (Å²) >= 11 is 0. The van der Waals surface area contributed by atoms with E-state index in [1.54, 1.807) is 0 Å². The van der Waals surface area contributed by atoms with Crippen LogP contribution in [0.25, 0.3) is 0 Å². The number of nitrogens with one attached hydrogen (secondary N) is 1. The zero-order valence-electron chi connectivity index (χ0n) is 14.4. The highest BCUT2D eigenvalue weighted by atomic mass is 15.3. The Labute approximate surface area is 135 Å². The van der Waals surface area contributed by atoms with Crippen molar-refractivity contribution in [2.75, 3.05) is 44.2 Å². The molecule has 2 aliphatic heterocycles. The zero-order valence-corrected chi connectivity index (χ0v) is 14.4. The molecule has 0 aliphatic carbocycles. The van der Waals surface area contributed by atoms with Crippen LogP contribution in [0.1, 0.15) is 43.9 Å². The quantitative estimate of drug-likeness (QED) is 0.925. The van der Waals surface area contributed by atoms with Gasteiger partial charge < -0.3 is 15.1 Å². The average Bonchev–Trinajstić information content (AvgIpc) is 2.56. The van der Waals surface area contributed by atoms with E-state index in [1.807, 2.05) is 0 Å². The molecule has 122 valence electrons. The van der Waals surface area contributed by atoms with Gasteiger partial charge in [-0.15, -0.1) is 0 Å². The standard InChI is InChI=1S/C19H31N3/c1-4-21-9-11-22(12-10-21)19-8-6-17(13-16(19)3)18-7-5-15(2)14-20-18/h6,8,13,15,18,20H,4-5,7,9-12,14H2,1-3H3/t15-,18+/m0/s1. The number of rotatable bonds is 3. The molecule has 0 amide bonds. The van der Waals surface area contributed by atoms with Crippen molar-refractivity contribution in [1.82, 2.24) is 10.2 Å². The third-order valence-corrected chi connectivity index (χ3v) is 5.44. The summed E-state index contributed by atoms with van der Waals surface area (Å²) in [5.41, 5.74) is 4.34. The minimum absolute atomic E-state index is 0.556. The van der Waals surface area contributed by atoms with Gasteiger partial charge in [0.25, 0.3) is 0 Å². The predicted molar refractivity (Wildman–Crippen MR) is 94.6 cm³/mol. The van der Waals surface area contributed by atoms with Gasteiger partial charge in [0.05, 0.1) is 0 Å². The van der Waals surface area contributed by atoms with Gasteiger partial charge in [-0.1, -0.05) is 26.0 Å². The fourth-order valence-electron chi connectivity index (χ4n) is 3.84. The van der Waals surface area contributed by atoms with Crippen LogP contribution in [-0.2, 0) is 0 Å². The Hall–Kier alpha value is -1.06. The SMILES string of the molecule is CCN1CCN(c2ccc([C@H]3CC[C@H](C)CN3)cc2C)CC1. The third-order valence-electron chi connectivity index (χ3n) is 5.44. The summed E-state index contributed by atoms with van der Waals surface area (Å²) in [6.07, 6.45) is 2.62. The number of hydrogen-bond donors (Lipinski definition) is 1. The highest BCUT2D eigenvalue weighted by Crippen LogP contribution is 2.29. The maximum atomic E-state index is 3.70. The highest BCUT2D eigenvalue weighted by Gasteiger charge is 2.21. The molecular weight excluding hydrogens is 270 g/mol. The van der Waals surface area contributed by atoms with Crippen LogP contribution in [0.4, 0.5) is 5.69 Å². The van der Waals surface area contributed by atoms with Crippen LogP contribution in [0.15, 0.2) is 18.2 Å². The molecule has 2 saturated heterocycles. The molecule has 1 N–H and O–H groups in total. The van der Waals surface area contributed by atoms with Crippen LogP contribution in [0.2, 0.25) is 0 Å². The Morgan fingerprint density at radius 3 is 2.50 bits per heavy atom. The second kappa shape index (κ2) is 7.01. The Morgan fingerprint density at radius 1 is 1.14 bits per heavy atom. The highest BCUT2D eigenvalue weighted by molar-refractivity contribution is 5.55. The molecule has 2 heterocycles. The second-order valence-corrected chi connectivity index (χ2v) is 7.11. The molecule has 3 heteroatoms. The molecule has 0 spiro atoms. The van der Waals surface area contributed by atoms with Crippen molar-refractivity contribution in [2.45, 2.75) is 39.7 Å². The van der Waals surface area contributed by atoms with Gasteiger partial charge in [0, 0.05) is 37.9 Å². The van der Waals surface area contributed by atoms with E-state index in [2.05, 4.69) is 54.1 Å². The summed E-state index contributed by atoms with van der Waals surface area (Å²) in [6, 6.07) is 7.67. The Kier molecular flexibility index (Phi) is 5.04. The molecule has 3 rings (SSSR count). The molecule has 0 bridgehead atoms. The van der Waals surface area contributed by atoms with Crippen molar-refractivity contribution in [3.8, 4) is 0 Å². The van der Waals surface area contributed by atoms with Crippen LogP contribution >= 0.6 is 0 Å². The lowest BCUT2D eigenvalue weighted by Crippen LogP contribution is -2.46. The summed E-state index contributed by atoms with van der Waals surface area (Å²) in [5.74, 6) is 0.825. The first-order valence-electron chi connectivity index (χ1n) is 8.98. The number of piperidine rings is 1. The number of piperazine rings is 1. The van der Waals surface area contributed by atoms with Crippen molar-refractivity contribution >= 4 is 5.69 Å². The minimum atomic E-state index is 0.556. The second-order valence-electron chi connectivity index (χ2n) is 7.11. The van der Waals surface area contributed by atoms with Crippen LogP contribution < -0.4 is 10.2 Å². The van der Waals surface area contributed by atoms with Crippen LogP contribution in [-0.4, -0.2) is 44.2 Å². The number of aryl methyl sites for hydroxylation is 1. The van der Waals surface area contributed by atoms with Gasteiger partial charge in [-0.3, -0.25) is 0 Å². The largest absolute Gasteiger partial charge is 0.369 e. The topological polar surface area (TPSA) is 18.5 Å². The van der Waals surface area contributed by atoms with Gasteiger partial charge >= 0.3 is 0 Å². The number of hydrogen-bond acceptors (Lipinski definition) is 3. The van der Waals surface area contributed by atoms with E-state index in [4.69, 9.17) is 0 Å². The summed E-state index contributed by atoms with van der Waals surface area (Å²) in [7, 11) is 0. The Morgan fingerprint density at radius 2 is 1.91 bits per heavy atom. The van der Waals surface area contributed by atoms with Crippen molar-refractivity contribution in [1.29, 1.82) is 0 Å². The van der Waals surface area contributed by atoms with E-state index < -0.39 is 0 Å². The fraction of sp³-hybridized carbons (Fsp3) is 0.684. The van der Waals surface area contributed by atoms with Gasteiger partial charge in [0.1, 0.15) is 0 Å². The number of nitrogens with zero attached hydrogens (tertiary/aromatic N) is 2. The molecule has 1 aromatic rings. The van der Waals surface area contributed by atoms with Crippen LogP contribution in [0.3, 0.4) is 0 Å². The first-order valence-corrected chi connectivity index (χ1v) is 8.98. The fourth-order valence-corrected chi connectivity index (χ4v) is 3.84. The van der Waals surface area contributed by atoms with Crippen molar-refractivity contribution in [2.24, 2.45) is 5.92 Å². The lowest BCUT2D eigenvalue weighted by molar-refractivity contribution is 0.271. The molecule has 2 atom stereocenters. The molecule has 1 aromatic carbocycles. The van der Waals surface area contributed by atoms with E-state index >= 15 is 0 Å². The maximum Gasteiger partial charge on any atom is 0.0397 e. The molecule has 3 nitrogen and oxygen atoms in total. The third kappa shape index (κ3) is 3.47. The summed E-state index contributed by atoms with van der Waals surface area (Å²) in [6.45, 7) is 13.9. The normalized spacial score (nSPS) is 27.1. The lowest BCUT2D eigenvalue weighted by atomic mass is 9.91. The van der Waals surface area contributed by atoms with E-state index in [0.717, 1.165) is 25.6 Å². The van der Waals surface area contributed by atoms with Crippen LogP contribution in [0.5, 0.6) is 0 Å². The molecule has 0 radical (unpaired) electrons. The predicted octanol–water partition coefficient (Wildman–Crippen LogP) is 3.20. The monoisotopic (exact) mass is 301 g/mol. The first kappa shape index (κ1) is 15.8. The van der Waals surface area contributed by atoms with Gasteiger partial charge in [0.2, 0.25) is 0 Å². The molecular formula is C19H31N3. The van der Waals surface area contributed by atoms with Gasteiger partial charge in [-0.05, 0) is 56.0 Å².